The Bertz CT molecular complexity index is 670. The van der Waals surface area contributed by atoms with Gasteiger partial charge in [-0.3, -0.25) is 4.79 Å². The van der Waals surface area contributed by atoms with Crippen LogP contribution in [0, 0.1) is 6.92 Å². The van der Waals surface area contributed by atoms with Crippen LogP contribution in [0.25, 0.3) is 0 Å². The quantitative estimate of drug-likeness (QED) is 0.872. The van der Waals surface area contributed by atoms with Crippen LogP contribution in [0.2, 0.25) is 0 Å². The Morgan fingerprint density at radius 2 is 2.16 bits per heavy atom. The summed E-state index contributed by atoms with van der Waals surface area (Å²) in [5.74, 6) is 1.04. The van der Waals surface area contributed by atoms with Gasteiger partial charge in [0.1, 0.15) is 5.82 Å². The lowest BCUT2D eigenvalue weighted by molar-refractivity contribution is 0.674. The smallest absolute Gasteiger partial charge is 0.251 e. The molecule has 0 aliphatic heterocycles. The van der Waals surface area contributed by atoms with Crippen molar-refractivity contribution in [1.29, 1.82) is 0 Å². The van der Waals surface area contributed by atoms with Crippen molar-refractivity contribution < 1.29 is 0 Å². The highest BCUT2D eigenvalue weighted by atomic mass is 16.1. The van der Waals surface area contributed by atoms with E-state index in [2.05, 4.69) is 9.97 Å². The molecule has 0 amide bonds. The molecule has 2 aromatic rings. The molecular formula is C14H16N4O. The lowest BCUT2D eigenvalue weighted by atomic mass is 10.2. The summed E-state index contributed by atoms with van der Waals surface area (Å²) in [5.41, 5.74) is 8.94. The van der Waals surface area contributed by atoms with E-state index < -0.39 is 0 Å². The van der Waals surface area contributed by atoms with Crippen LogP contribution >= 0.6 is 0 Å². The number of pyridine rings is 1. The summed E-state index contributed by atoms with van der Waals surface area (Å²) in [5, 5.41) is 0. The van der Waals surface area contributed by atoms with Gasteiger partial charge in [-0.05, 0) is 31.7 Å². The first kappa shape index (κ1) is 11.9. The van der Waals surface area contributed by atoms with E-state index in [4.69, 9.17) is 5.73 Å². The van der Waals surface area contributed by atoms with Gasteiger partial charge in [-0.25, -0.2) is 9.97 Å². The minimum absolute atomic E-state index is 0.00401. The van der Waals surface area contributed by atoms with Gasteiger partial charge in [-0.2, -0.15) is 0 Å². The van der Waals surface area contributed by atoms with E-state index in [1.165, 1.54) is 5.56 Å². The van der Waals surface area contributed by atoms with Crippen molar-refractivity contribution in [1.82, 2.24) is 14.5 Å². The average molecular weight is 256 g/mol. The Labute approximate surface area is 111 Å². The minimum Gasteiger partial charge on any atom is -0.384 e. The number of nitrogen functional groups attached to an aromatic ring is 1. The largest absolute Gasteiger partial charge is 0.384 e. The van der Waals surface area contributed by atoms with Gasteiger partial charge in [0.25, 0.3) is 5.56 Å². The Hall–Kier alpha value is -2.17. The maximum atomic E-state index is 12.0. The number of aryl methyl sites for hydroxylation is 2. The van der Waals surface area contributed by atoms with Crippen LogP contribution in [0.15, 0.2) is 23.0 Å². The molecule has 98 valence electrons. The maximum absolute atomic E-state index is 12.0. The zero-order valence-electron chi connectivity index (χ0n) is 10.9. The van der Waals surface area contributed by atoms with E-state index in [-0.39, 0.29) is 5.56 Å². The Morgan fingerprint density at radius 1 is 1.32 bits per heavy atom. The second-order valence-electron chi connectivity index (χ2n) is 4.93. The fourth-order valence-corrected chi connectivity index (χ4v) is 2.68. The molecule has 0 saturated carbocycles. The molecule has 5 heteroatoms. The molecule has 0 bridgehead atoms. The zero-order chi connectivity index (χ0) is 13.4. The number of hydrogen-bond donors (Lipinski definition) is 1. The first-order chi connectivity index (χ1) is 9.13. The predicted molar refractivity (Wildman–Crippen MR) is 73.0 cm³/mol. The van der Waals surface area contributed by atoms with Crippen molar-refractivity contribution in [3.63, 3.8) is 0 Å². The number of hydrogen-bond acceptors (Lipinski definition) is 4. The van der Waals surface area contributed by atoms with Crippen LogP contribution < -0.4 is 11.3 Å². The molecule has 0 aromatic carbocycles. The van der Waals surface area contributed by atoms with Crippen LogP contribution in [-0.4, -0.2) is 14.5 Å². The number of rotatable bonds is 2. The van der Waals surface area contributed by atoms with Gasteiger partial charge < -0.3 is 10.3 Å². The molecule has 19 heavy (non-hydrogen) atoms. The van der Waals surface area contributed by atoms with Gasteiger partial charge in [0.2, 0.25) is 0 Å². The molecule has 2 N–H and O–H groups in total. The van der Waals surface area contributed by atoms with Crippen molar-refractivity contribution in [2.24, 2.45) is 0 Å². The topological polar surface area (TPSA) is 73.8 Å². The van der Waals surface area contributed by atoms with Gasteiger partial charge in [-0.1, -0.05) is 6.07 Å². The average Bonchev–Trinajstić information content (AvgIpc) is 2.80. The van der Waals surface area contributed by atoms with Crippen molar-refractivity contribution in [2.75, 3.05) is 5.73 Å². The summed E-state index contributed by atoms with van der Waals surface area (Å²) in [6.45, 7) is 2.27. The van der Waals surface area contributed by atoms with E-state index in [1.54, 1.807) is 16.7 Å². The van der Waals surface area contributed by atoms with Crippen LogP contribution in [0.1, 0.15) is 29.2 Å². The van der Waals surface area contributed by atoms with Crippen molar-refractivity contribution in [3.8, 4) is 0 Å². The number of nitrogens with two attached hydrogens (primary N) is 1. The summed E-state index contributed by atoms with van der Waals surface area (Å²) in [7, 11) is 0. The number of aromatic nitrogens is 3. The standard InChI is InChI=1S/C14H16N4O/c1-9-7-12(15)17-13(16-9)8-18-11-4-2-3-10(11)5-6-14(18)19/h5-7H,2-4,8H2,1H3,(H2,15,16,17). The van der Waals surface area contributed by atoms with Crippen molar-refractivity contribution >= 4 is 5.82 Å². The highest BCUT2D eigenvalue weighted by Gasteiger charge is 2.16. The summed E-state index contributed by atoms with van der Waals surface area (Å²) in [4.78, 5) is 20.6. The highest BCUT2D eigenvalue weighted by molar-refractivity contribution is 5.30. The Kier molecular flexibility index (Phi) is 2.81. The number of nitrogens with zero attached hydrogens (tertiary/aromatic N) is 3. The van der Waals surface area contributed by atoms with Crippen molar-refractivity contribution in [3.05, 3.63) is 51.3 Å². The van der Waals surface area contributed by atoms with Crippen LogP contribution in [-0.2, 0) is 19.4 Å². The molecule has 2 heterocycles. The molecule has 2 aromatic heterocycles. The molecule has 0 fully saturated rings. The molecule has 3 rings (SSSR count). The summed E-state index contributed by atoms with van der Waals surface area (Å²) in [6.07, 6.45) is 3.11. The molecular weight excluding hydrogens is 240 g/mol. The summed E-state index contributed by atoms with van der Waals surface area (Å²) >= 11 is 0. The molecule has 1 aliphatic carbocycles. The fourth-order valence-electron chi connectivity index (χ4n) is 2.68. The van der Waals surface area contributed by atoms with Crippen LogP contribution in [0.3, 0.4) is 0 Å². The molecule has 0 spiro atoms. The van der Waals surface area contributed by atoms with Gasteiger partial charge in [0.05, 0.1) is 6.54 Å². The third kappa shape index (κ3) is 2.23. The lowest BCUT2D eigenvalue weighted by Crippen LogP contribution is -2.24. The van der Waals surface area contributed by atoms with Gasteiger partial charge in [0.15, 0.2) is 5.82 Å². The molecule has 0 atom stereocenters. The highest BCUT2D eigenvalue weighted by Crippen LogP contribution is 2.20. The first-order valence-corrected chi connectivity index (χ1v) is 6.45. The van der Waals surface area contributed by atoms with E-state index >= 15 is 0 Å². The summed E-state index contributed by atoms with van der Waals surface area (Å²) in [6, 6.07) is 5.29. The lowest BCUT2D eigenvalue weighted by Gasteiger charge is -2.11. The van der Waals surface area contributed by atoms with E-state index in [1.807, 2.05) is 13.0 Å². The molecule has 1 aliphatic rings. The van der Waals surface area contributed by atoms with E-state index in [0.717, 1.165) is 30.7 Å². The van der Waals surface area contributed by atoms with Crippen LogP contribution in [0.4, 0.5) is 5.82 Å². The molecule has 0 saturated heterocycles. The molecule has 5 nitrogen and oxygen atoms in total. The van der Waals surface area contributed by atoms with E-state index in [0.29, 0.717) is 18.2 Å². The summed E-state index contributed by atoms with van der Waals surface area (Å²) < 4.78 is 1.77. The Morgan fingerprint density at radius 3 is 2.95 bits per heavy atom. The van der Waals surface area contributed by atoms with Gasteiger partial charge >= 0.3 is 0 Å². The Balaban J connectivity index is 2.04. The van der Waals surface area contributed by atoms with Gasteiger partial charge in [0, 0.05) is 23.5 Å². The zero-order valence-corrected chi connectivity index (χ0v) is 10.9. The third-order valence-corrected chi connectivity index (χ3v) is 3.47. The first-order valence-electron chi connectivity index (χ1n) is 6.45. The van der Waals surface area contributed by atoms with Gasteiger partial charge in [-0.15, -0.1) is 0 Å². The maximum Gasteiger partial charge on any atom is 0.251 e. The van der Waals surface area contributed by atoms with Crippen molar-refractivity contribution in [2.45, 2.75) is 32.7 Å². The molecule has 0 unspecified atom stereocenters. The van der Waals surface area contributed by atoms with Crippen LogP contribution in [0.5, 0.6) is 0 Å². The second-order valence-corrected chi connectivity index (χ2v) is 4.93. The minimum atomic E-state index is 0.00401. The molecule has 0 radical (unpaired) electrons. The fraction of sp³-hybridized carbons (Fsp3) is 0.357. The SMILES string of the molecule is Cc1cc(N)nc(Cn2c3c(ccc2=O)CCC3)n1. The number of fused-ring (bicyclic) bond motifs is 1. The van der Waals surface area contributed by atoms with E-state index in [9.17, 15) is 4.79 Å². The monoisotopic (exact) mass is 256 g/mol. The number of anilines is 1. The predicted octanol–water partition coefficient (Wildman–Crippen LogP) is 1.07. The third-order valence-electron chi connectivity index (χ3n) is 3.47. The normalized spacial score (nSPS) is 13.5. The second kappa shape index (κ2) is 4.50.